The van der Waals surface area contributed by atoms with E-state index in [1.54, 1.807) is 6.07 Å². The van der Waals surface area contributed by atoms with Gasteiger partial charge in [0.1, 0.15) is 11.6 Å². The fourth-order valence-corrected chi connectivity index (χ4v) is 2.35. The molecule has 0 bridgehead atoms. The Morgan fingerprint density at radius 2 is 1.96 bits per heavy atom. The summed E-state index contributed by atoms with van der Waals surface area (Å²) in [6, 6.07) is 10.5. The van der Waals surface area contributed by atoms with Crippen molar-refractivity contribution >= 4 is 5.91 Å². The van der Waals surface area contributed by atoms with Crippen molar-refractivity contribution in [3.63, 3.8) is 0 Å². The summed E-state index contributed by atoms with van der Waals surface area (Å²) in [5.74, 6) is -1.38. The molecule has 5 heteroatoms. The molecule has 1 unspecified atom stereocenters. The average molecular weight is 319 g/mol. The second kappa shape index (κ2) is 7.83. The summed E-state index contributed by atoms with van der Waals surface area (Å²) in [5.41, 5.74) is 1.86. The van der Waals surface area contributed by atoms with Gasteiger partial charge < -0.3 is 10.4 Å². The first-order chi connectivity index (χ1) is 11.0. The van der Waals surface area contributed by atoms with Gasteiger partial charge in [-0.15, -0.1) is 0 Å². The maximum absolute atomic E-state index is 13.5. The first kappa shape index (κ1) is 17.1. The van der Waals surface area contributed by atoms with E-state index in [1.165, 1.54) is 0 Å². The molecule has 0 heterocycles. The molecule has 3 nitrogen and oxygen atoms in total. The first-order valence-corrected chi connectivity index (χ1v) is 7.41. The van der Waals surface area contributed by atoms with E-state index in [-0.39, 0.29) is 30.9 Å². The summed E-state index contributed by atoms with van der Waals surface area (Å²) in [6.45, 7) is 1.96. The second-order valence-corrected chi connectivity index (χ2v) is 5.41. The molecule has 122 valence electrons. The highest BCUT2D eigenvalue weighted by Crippen LogP contribution is 2.16. The monoisotopic (exact) mass is 319 g/mol. The van der Waals surface area contributed by atoms with Gasteiger partial charge in [0.2, 0.25) is 5.91 Å². The van der Waals surface area contributed by atoms with Gasteiger partial charge in [0.25, 0.3) is 0 Å². The predicted molar refractivity (Wildman–Crippen MR) is 83.8 cm³/mol. The fourth-order valence-electron chi connectivity index (χ4n) is 2.35. The summed E-state index contributed by atoms with van der Waals surface area (Å²) in [6.07, 6.45) is -0.664. The van der Waals surface area contributed by atoms with Crippen LogP contribution in [0.15, 0.2) is 42.5 Å². The number of aryl methyl sites for hydroxylation is 2. The lowest BCUT2D eigenvalue weighted by Gasteiger charge is -2.14. The molecule has 0 saturated heterocycles. The third-order valence-corrected chi connectivity index (χ3v) is 3.67. The van der Waals surface area contributed by atoms with Crippen molar-refractivity contribution in [1.29, 1.82) is 0 Å². The van der Waals surface area contributed by atoms with E-state index >= 15 is 0 Å². The summed E-state index contributed by atoms with van der Waals surface area (Å²) < 4.78 is 26.5. The molecule has 0 aliphatic heterocycles. The molecular weight excluding hydrogens is 300 g/mol. The molecule has 0 spiro atoms. The molecule has 2 N–H and O–H groups in total. The number of aliphatic hydroxyl groups is 1. The molecule has 2 aromatic carbocycles. The van der Waals surface area contributed by atoms with E-state index in [1.807, 2.05) is 25.1 Å². The quantitative estimate of drug-likeness (QED) is 0.860. The Hall–Kier alpha value is -2.27. The van der Waals surface area contributed by atoms with Crippen molar-refractivity contribution in [2.75, 3.05) is 6.54 Å². The molecular formula is C18H19F2NO2. The highest BCUT2D eigenvalue weighted by molar-refractivity contribution is 5.76. The third-order valence-electron chi connectivity index (χ3n) is 3.67. The molecule has 2 aromatic rings. The lowest BCUT2D eigenvalue weighted by atomic mass is 10.0. The van der Waals surface area contributed by atoms with Crippen molar-refractivity contribution in [2.24, 2.45) is 0 Å². The standard InChI is InChI=1S/C18H19F2NO2/c1-12-4-2-3-5-15(12)17(22)11-21-18(23)9-6-13-10-14(19)7-8-16(13)20/h2-5,7-8,10,17,22H,6,9,11H2,1H3,(H,21,23). The molecule has 0 aromatic heterocycles. The molecule has 0 fully saturated rings. The van der Waals surface area contributed by atoms with Crippen molar-refractivity contribution in [3.8, 4) is 0 Å². The van der Waals surface area contributed by atoms with E-state index in [2.05, 4.69) is 5.32 Å². The molecule has 2 rings (SSSR count). The number of carbonyl (C=O) groups excluding carboxylic acids is 1. The average Bonchev–Trinajstić information content (AvgIpc) is 2.54. The summed E-state index contributed by atoms with van der Waals surface area (Å²) in [5, 5.41) is 12.7. The molecule has 0 aliphatic rings. The topological polar surface area (TPSA) is 49.3 Å². The van der Waals surface area contributed by atoms with E-state index < -0.39 is 17.7 Å². The molecule has 0 aliphatic carbocycles. The number of aliphatic hydroxyl groups excluding tert-OH is 1. The van der Waals surface area contributed by atoms with Crippen LogP contribution < -0.4 is 5.32 Å². The number of hydrogen-bond acceptors (Lipinski definition) is 2. The second-order valence-electron chi connectivity index (χ2n) is 5.41. The highest BCUT2D eigenvalue weighted by atomic mass is 19.1. The van der Waals surface area contributed by atoms with Crippen LogP contribution in [0.1, 0.15) is 29.2 Å². The zero-order valence-corrected chi connectivity index (χ0v) is 12.9. The van der Waals surface area contributed by atoms with Gasteiger partial charge in [-0.1, -0.05) is 24.3 Å². The first-order valence-electron chi connectivity index (χ1n) is 7.41. The Balaban J connectivity index is 1.83. The van der Waals surface area contributed by atoms with Crippen LogP contribution in [0.4, 0.5) is 8.78 Å². The smallest absolute Gasteiger partial charge is 0.220 e. The zero-order valence-electron chi connectivity index (χ0n) is 12.9. The van der Waals surface area contributed by atoms with Gasteiger partial charge in [0, 0.05) is 13.0 Å². The van der Waals surface area contributed by atoms with Gasteiger partial charge in [0.05, 0.1) is 6.10 Å². The highest BCUT2D eigenvalue weighted by Gasteiger charge is 2.12. The maximum Gasteiger partial charge on any atom is 0.220 e. The fraction of sp³-hybridized carbons (Fsp3) is 0.278. The number of carbonyl (C=O) groups is 1. The Bertz CT molecular complexity index is 688. The normalized spacial score (nSPS) is 12.0. The minimum Gasteiger partial charge on any atom is -0.387 e. The van der Waals surface area contributed by atoms with E-state index in [0.29, 0.717) is 0 Å². The Kier molecular flexibility index (Phi) is 5.82. The lowest BCUT2D eigenvalue weighted by Crippen LogP contribution is -2.28. The number of rotatable bonds is 6. The number of halogens is 2. The minimum atomic E-state index is -0.800. The molecule has 1 atom stereocenters. The third kappa shape index (κ3) is 4.86. The maximum atomic E-state index is 13.5. The van der Waals surface area contributed by atoms with Crippen molar-refractivity contribution in [3.05, 3.63) is 70.8 Å². The summed E-state index contributed by atoms with van der Waals surface area (Å²) >= 11 is 0. The SMILES string of the molecule is Cc1ccccc1C(O)CNC(=O)CCc1cc(F)ccc1F. The molecule has 23 heavy (non-hydrogen) atoms. The van der Waals surface area contributed by atoms with E-state index in [0.717, 1.165) is 29.3 Å². The van der Waals surface area contributed by atoms with Gasteiger partial charge >= 0.3 is 0 Å². The van der Waals surface area contributed by atoms with E-state index in [9.17, 15) is 18.7 Å². The van der Waals surface area contributed by atoms with Crippen LogP contribution in [-0.4, -0.2) is 17.6 Å². The van der Waals surface area contributed by atoms with Gasteiger partial charge in [0.15, 0.2) is 0 Å². The number of nitrogens with one attached hydrogen (secondary N) is 1. The van der Waals surface area contributed by atoms with Crippen molar-refractivity contribution < 1.29 is 18.7 Å². The summed E-state index contributed by atoms with van der Waals surface area (Å²) in [4.78, 5) is 11.8. The Morgan fingerprint density at radius 1 is 1.22 bits per heavy atom. The number of amides is 1. The van der Waals surface area contributed by atoms with Crippen molar-refractivity contribution in [1.82, 2.24) is 5.32 Å². The van der Waals surface area contributed by atoms with Crippen molar-refractivity contribution in [2.45, 2.75) is 25.9 Å². The van der Waals surface area contributed by atoms with Crippen LogP contribution in [0, 0.1) is 18.6 Å². The van der Waals surface area contributed by atoms with Crippen LogP contribution in [0.3, 0.4) is 0 Å². The van der Waals surface area contributed by atoms with Gasteiger partial charge in [-0.2, -0.15) is 0 Å². The lowest BCUT2D eigenvalue weighted by molar-refractivity contribution is -0.121. The number of benzene rings is 2. The van der Waals surface area contributed by atoms with Crippen LogP contribution in [0.25, 0.3) is 0 Å². The zero-order chi connectivity index (χ0) is 16.8. The van der Waals surface area contributed by atoms with Crippen LogP contribution in [0.5, 0.6) is 0 Å². The molecule has 0 saturated carbocycles. The van der Waals surface area contributed by atoms with Crippen LogP contribution >= 0.6 is 0 Å². The van der Waals surface area contributed by atoms with Crippen LogP contribution in [-0.2, 0) is 11.2 Å². The summed E-state index contributed by atoms with van der Waals surface area (Å²) in [7, 11) is 0. The molecule has 0 radical (unpaired) electrons. The van der Waals surface area contributed by atoms with E-state index in [4.69, 9.17) is 0 Å². The van der Waals surface area contributed by atoms with Gasteiger partial charge in [-0.05, 0) is 48.2 Å². The predicted octanol–water partition coefficient (Wildman–Crippen LogP) is 3.06. The van der Waals surface area contributed by atoms with Gasteiger partial charge in [-0.3, -0.25) is 4.79 Å². The van der Waals surface area contributed by atoms with Gasteiger partial charge in [-0.25, -0.2) is 8.78 Å². The largest absolute Gasteiger partial charge is 0.387 e. The van der Waals surface area contributed by atoms with Crippen LogP contribution in [0.2, 0.25) is 0 Å². The molecule has 1 amide bonds. The number of hydrogen-bond donors (Lipinski definition) is 2. The Labute approximate surface area is 134 Å². The minimum absolute atomic E-state index is 0.0286. The Morgan fingerprint density at radius 3 is 2.70 bits per heavy atom.